The molecule has 0 saturated heterocycles. The number of hydrogen-bond acceptors (Lipinski definition) is 4. The average Bonchev–Trinajstić information content (AvgIpc) is 3.09. The van der Waals surface area contributed by atoms with Gasteiger partial charge in [0.15, 0.2) is 0 Å². The van der Waals surface area contributed by atoms with E-state index in [-0.39, 0.29) is 10.6 Å². The Kier molecular flexibility index (Phi) is 7.37. The minimum atomic E-state index is -1.18. The number of hydrogen-bond donors (Lipinski definition) is 2. The molecular weight excluding hydrogens is 738 g/mol. The van der Waals surface area contributed by atoms with Crippen LogP contribution in [0.3, 0.4) is 0 Å². The number of benzene rings is 2. The van der Waals surface area contributed by atoms with E-state index in [1.165, 1.54) is 31.4 Å². The van der Waals surface area contributed by atoms with Crippen molar-refractivity contribution in [2.24, 2.45) is 0 Å². The lowest BCUT2D eigenvalue weighted by Crippen LogP contribution is -2.16. The van der Waals surface area contributed by atoms with Crippen LogP contribution in [0.15, 0.2) is 35.7 Å². The standard InChI is InChI=1S/C19H11FI3NO4S/c1-28-16-14(22)10(6-12(21)15(16)23)17(25)24-18-13(19(26)27)11(7-29-18)8-2-4-9(20)5-3-8/h2-7H,1H3,(H,24,25)(H,26,27). The van der Waals surface area contributed by atoms with Crippen LogP contribution in [0, 0.1) is 16.5 Å². The quantitative estimate of drug-likeness (QED) is 0.237. The van der Waals surface area contributed by atoms with Crippen LogP contribution in [0.4, 0.5) is 9.39 Å². The topological polar surface area (TPSA) is 75.6 Å². The summed E-state index contributed by atoms with van der Waals surface area (Å²) in [6.45, 7) is 0. The molecule has 0 aliphatic heterocycles. The van der Waals surface area contributed by atoms with E-state index in [0.717, 1.165) is 18.5 Å². The molecule has 1 heterocycles. The normalized spacial score (nSPS) is 10.7. The SMILES string of the molecule is COc1c(I)c(I)cc(C(=O)Nc2scc(-c3ccc(F)cc3)c2C(=O)O)c1I. The summed E-state index contributed by atoms with van der Waals surface area (Å²) in [7, 11) is 1.54. The predicted octanol–water partition coefficient (Wildman–Crippen LogP) is 6.33. The van der Waals surface area contributed by atoms with Crippen LogP contribution in [-0.4, -0.2) is 24.1 Å². The largest absolute Gasteiger partial charge is 0.494 e. The van der Waals surface area contributed by atoms with Crippen molar-refractivity contribution >= 4 is 96.0 Å². The van der Waals surface area contributed by atoms with Crippen molar-refractivity contribution in [1.82, 2.24) is 0 Å². The van der Waals surface area contributed by atoms with Crippen molar-refractivity contribution in [3.63, 3.8) is 0 Å². The first-order valence-electron chi connectivity index (χ1n) is 7.88. The van der Waals surface area contributed by atoms with Gasteiger partial charge in [-0.15, -0.1) is 11.3 Å². The molecule has 150 valence electrons. The van der Waals surface area contributed by atoms with Gasteiger partial charge in [0.2, 0.25) is 0 Å². The molecule has 1 aromatic heterocycles. The Bertz CT molecular complexity index is 1120. The van der Waals surface area contributed by atoms with Crippen molar-refractivity contribution in [1.29, 1.82) is 0 Å². The molecule has 29 heavy (non-hydrogen) atoms. The molecule has 0 fully saturated rings. The molecule has 0 aliphatic rings. The Balaban J connectivity index is 2.01. The van der Waals surface area contributed by atoms with Gasteiger partial charge in [-0.05, 0) is 91.5 Å². The van der Waals surface area contributed by atoms with E-state index in [4.69, 9.17) is 4.74 Å². The summed E-state index contributed by atoms with van der Waals surface area (Å²) >= 11 is 7.41. The summed E-state index contributed by atoms with van der Waals surface area (Å²) in [4.78, 5) is 24.8. The van der Waals surface area contributed by atoms with Gasteiger partial charge < -0.3 is 15.2 Å². The Morgan fingerprint density at radius 3 is 2.38 bits per heavy atom. The molecule has 5 nitrogen and oxygen atoms in total. The number of carboxylic acid groups (broad SMARTS) is 1. The number of aromatic carboxylic acids is 1. The monoisotopic (exact) mass is 749 g/mol. The molecule has 0 aliphatic carbocycles. The van der Waals surface area contributed by atoms with Crippen molar-refractivity contribution < 1.29 is 23.8 Å². The molecular formula is C19H11FI3NO4S. The fourth-order valence-corrected chi connectivity index (χ4v) is 6.16. The number of carboxylic acids is 1. The number of thiophene rings is 1. The van der Waals surface area contributed by atoms with Crippen LogP contribution in [0.25, 0.3) is 11.1 Å². The second-order valence-electron chi connectivity index (χ2n) is 5.69. The van der Waals surface area contributed by atoms with Gasteiger partial charge in [-0.3, -0.25) is 4.79 Å². The minimum absolute atomic E-state index is 0.0304. The van der Waals surface area contributed by atoms with Gasteiger partial charge in [0, 0.05) is 14.5 Å². The Labute approximate surface area is 210 Å². The maximum Gasteiger partial charge on any atom is 0.339 e. The summed E-state index contributed by atoms with van der Waals surface area (Å²) in [5, 5.41) is 14.3. The number of ether oxygens (including phenoxy) is 1. The number of amides is 1. The lowest BCUT2D eigenvalue weighted by atomic mass is 10.0. The Hall–Kier alpha value is -1.00. The number of carbonyl (C=O) groups is 2. The van der Waals surface area contributed by atoms with Crippen LogP contribution in [0.2, 0.25) is 0 Å². The Morgan fingerprint density at radius 2 is 1.79 bits per heavy atom. The first kappa shape index (κ1) is 22.7. The molecule has 2 aromatic carbocycles. The second kappa shape index (κ2) is 9.43. The van der Waals surface area contributed by atoms with E-state index in [9.17, 15) is 19.1 Å². The van der Waals surface area contributed by atoms with Gasteiger partial charge in [0.25, 0.3) is 5.91 Å². The zero-order valence-corrected chi connectivity index (χ0v) is 21.8. The molecule has 0 spiro atoms. The van der Waals surface area contributed by atoms with Gasteiger partial charge in [0.1, 0.15) is 22.1 Å². The van der Waals surface area contributed by atoms with E-state index in [2.05, 4.69) is 50.5 Å². The molecule has 3 aromatic rings. The first-order valence-corrected chi connectivity index (χ1v) is 12.0. The third kappa shape index (κ3) is 4.69. The van der Waals surface area contributed by atoms with Crippen molar-refractivity contribution in [3.8, 4) is 16.9 Å². The highest BCUT2D eigenvalue weighted by Gasteiger charge is 2.24. The van der Waals surface area contributed by atoms with Gasteiger partial charge in [-0.25, -0.2) is 9.18 Å². The maximum absolute atomic E-state index is 13.2. The first-order chi connectivity index (χ1) is 13.7. The number of carbonyl (C=O) groups excluding carboxylic acids is 1. The number of nitrogens with one attached hydrogen (secondary N) is 1. The lowest BCUT2D eigenvalue weighted by molar-refractivity contribution is 0.0699. The highest BCUT2D eigenvalue weighted by Crippen LogP contribution is 2.37. The van der Waals surface area contributed by atoms with E-state index < -0.39 is 17.7 Å². The fourth-order valence-electron chi connectivity index (χ4n) is 2.60. The average molecular weight is 749 g/mol. The lowest BCUT2D eigenvalue weighted by Gasteiger charge is -2.13. The molecule has 0 bridgehead atoms. The van der Waals surface area contributed by atoms with Gasteiger partial charge in [-0.2, -0.15) is 0 Å². The molecule has 0 saturated carbocycles. The summed E-state index contributed by atoms with van der Waals surface area (Å²) in [6, 6.07) is 7.27. The van der Waals surface area contributed by atoms with E-state index in [1.54, 1.807) is 11.4 Å². The van der Waals surface area contributed by atoms with Crippen molar-refractivity contribution in [2.75, 3.05) is 12.4 Å². The Morgan fingerprint density at radius 1 is 1.14 bits per heavy atom. The van der Waals surface area contributed by atoms with Crippen molar-refractivity contribution in [3.05, 3.63) is 63.4 Å². The minimum Gasteiger partial charge on any atom is -0.494 e. The molecule has 10 heteroatoms. The van der Waals surface area contributed by atoms with Crippen molar-refractivity contribution in [2.45, 2.75) is 0 Å². The van der Waals surface area contributed by atoms with Gasteiger partial charge in [-0.1, -0.05) is 12.1 Å². The fraction of sp³-hybridized carbons (Fsp3) is 0.0526. The third-order valence-electron chi connectivity index (χ3n) is 3.95. The number of anilines is 1. The molecule has 1 amide bonds. The molecule has 2 N–H and O–H groups in total. The van der Waals surface area contributed by atoms with Crippen LogP contribution in [0.5, 0.6) is 5.75 Å². The van der Waals surface area contributed by atoms with E-state index >= 15 is 0 Å². The molecule has 0 unspecified atom stereocenters. The number of methoxy groups -OCH3 is 1. The van der Waals surface area contributed by atoms with Crippen LogP contribution < -0.4 is 10.1 Å². The highest BCUT2D eigenvalue weighted by atomic mass is 127. The summed E-state index contributed by atoms with van der Waals surface area (Å²) in [5.41, 5.74) is 1.33. The maximum atomic E-state index is 13.2. The van der Waals surface area contributed by atoms with Crippen LogP contribution >= 0.6 is 79.1 Å². The van der Waals surface area contributed by atoms with Crippen LogP contribution in [0.1, 0.15) is 20.7 Å². The van der Waals surface area contributed by atoms with Gasteiger partial charge in [0.05, 0.1) is 19.8 Å². The second-order valence-corrected chi connectivity index (χ2v) is 9.89. The van der Waals surface area contributed by atoms with E-state index in [0.29, 0.717) is 26.0 Å². The molecule has 0 atom stereocenters. The van der Waals surface area contributed by atoms with Gasteiger partial charge >= 0.3 is 5.97 Å². The predicted molar refractivity (Wildman–Crippen MR) is 136 cm³/mol. The summed E-state index contributed by atoms with van der Waals surface area (Å²) < 4.78 is 21.0. The number of halogens is 4. The summed E-state index contributed by atoms with van der Waals surface area (Å²) in [5.74, 6) is -1.42. The highest BCUT2D eigenvalue weighted by molar-refractivity contribution is 14.1. The summed E-state index contributed by atoms with van der Waals surface area (Å²) in [6.07, 6.45) is 0. The van der Waals surface area contributed by atoms with E-state index in [1.807, 2.05) is 22.6 Å². The zero-order chi connectivity index (χ0) is 21.3. The molecule has 0 radical (unpaired) electrons. The molecule has 3 rings (SSSR count). The smallest absolute Gasteiger partial charge is 0.339 e. The van der Waals surface area contributed by atoms with Crippen LogP contribution in [-0.2, 0) is 0 Å². The zero-order valence-electron chi connectivity index (χ0n) is 14.6. The third-order valence-corrected chi connectivity index (χ3v) is 8.87. The number of rotatable bonds is 5.